The number of hydrogen-bond acceptors (Lipinski definition) is 6. The quantitative estimate of drug-likeness (QED) is 0.446. The average molecular weight is 373 g/mol. The Hall–Kier alpha value is -2.78. The molecule has 3 rings (SSSR count). The number of carbonyl (C=O) groups excluding carboxylic acids is 1. The number of morpholine rings is 1. The Bertz CT molecular complexity index is 797. The largest absolute Gasteiger partial charge is 0.378 e. The average Bonchev–Trinajstić information content (AvgIpc) is 3.06. The Morgan fingerprint density at radius 2 is 2.00 bits per heavy atom. The highest BCUT2D eigenvalue weighted by Crippen LogP contribution is 2.24. The van der Waals surface area contributed by atoms with Gasteiger partial charge in [-0.3, -0.25) is 19.6 Å². The van der Waals surface area contributed by atoms with E-state index in [-0.39, 0.29) is 11.6 Å². The number of nitro benzene ring substituents is 1. The highest BCUT2D eigenvalue weighted by molar-refractivity contribution is 5.76. The number of hydrogen-bond donors (Lipinski definition) is 1. The van der Waals surface area contributed by atoms with Gasteiger partial charge in [0.15, 0.2) is 0 Å². The molecule has 1 aromatic heterocycles. The standard InChI is InChI=1S/C18H23N5O4/c1-21-13-15(12-19-7-6-17(24)22-8-10-27-11-9-22)18(20-21)14-2-4-16(5-3-14)23(25)26/h2-5,13,19H,6-12H2,1H3. The van der Waals surface area contributed by atoms with Gasteiger partial charge in [0, 0.05) is 69.1 Å². The second-order valence-electron chi connectivity index (χ2n) is 6.40. The third-order valence-electron chi connectivity index (χ3n) is 4.45. The van der Waals surface area contributed by atoms with Crippen LogP contribution in [0.25, 0.3) is 11.3 Å². The van der Waals surface area contributed by atoms with Crippen LogP contribution in [0.3, 0.4) is 0 Å². The van der Waals surface area contributed by atoms with Gasteiger partial charge in [0.2, 0.25) is 5.91 Å². The maximum Gasteiger partial charge on any atom is 0.269 e. The van der Waals surface area contributed by atoms with Crippen LogP contribution >= 0.6 is 0 Å². The number of carbonyl (C=O) groups is 1. The van der Waals surface area contributed by atoms with E-state index in [4.69, 9.17) is 4.74 Å². The fourth-order valence-electron chi connectivity index (χ4n) is 3.04. The van der Waals surface area contributed by atoms with Crippen molar-refractivity contribution in [2.75, 3.05) is 32.8 Å². The molecule has 0 unspecified atom stereocenters. The molecule has 2 heterocycles. The summed E-state index contributed by atoms with van der Waals surface area (Å²) in [6.45, 7) is 3.67. The molecule has 0 spiro atoms. The van der Waals surface area contributed by atoms with Gasteiger partial charge in [0.25, 0.3) is 5.69 Å². The van der Waals surface area contributed by atoms with E-state index in [0.717, 1.165) is 16.8 Å². The summed E-state index contributed by atoms with van der Waals surface area (Å²) >= 11 is 0. The molecule has 1 aromatic carbocycles. The number of aryl methyl sites for hydroxylation is 1. The van der Waals surface area contributed by atoms with E-state index in [1.807, 2.05) is 18.1 Å². The van der Waals surface area contributed by atoms with E-state index in [0.29, 0.717) is 45.8 Å². The minimum absolute atomic E-state index is 0.0518. The number of non-ortho nitro benzene ring substituents is 1. The van der Waals surface area contributed by atoms with Gasteiger partial charge in [-0.05, 0) is 12.1 Å². The topological polar surface area (TPSA) is 103 Å². The summed E-state index contributed by atoms with van der Waals surface area (Å²) in [5.74, 6) is 0.132. The van der Waals surface area contributed by atoms with Crippen molar-refractivity contribution in [1.29, 1.82) is 0 Å². The molecule has 0 radical (unpaired) electrons. The molecule has 0 saturated carbocycles. The maximum absolute atomic E-state index is 12.1. The summed E-state index contributed by atoms with van der Waals surface area (Å²) in [5.41, 5.74) is 2.63. The van der Waals surface area contributed by atoms with E-state index >= 15 is 0 Å². The molecule has 0 atom stereocenters. The van der Waals surface area contributed by atoms with Crippen molar-refractivity contribution in [2.24, 2.45) is 7.05 Å². The predicted molar refractivity (Wildman–Crippen MR) is 99.0 cm³/mol. The van der Waals surface area contributed by atoms with Crippen molar-refractivity contribution in [1.82, 2.24) is 20.0 Å². The van der Waals surface area contributed by atoms with Crippen LogP contribution < -0.4 is 5.32 Å². The second kappa shape index (κ2) is 8.74. The van der Waals surface area contributed by atoms with E-state index in [1.165, 1.54) is 12.1 Å². The molecule has 1 amide bonds. The van der Waals surface area contributed by atoms with Crippen LogP contribution in [0.5, 0.6) is 0 Å². The Morgan fingerprint density at radius 3 is 2.67 bits per heavy atom. The number of nitro groups is 1. The highest BCUT2D eigenvalue weighted by Gasteiger charge is 2.16. The summed E-state index contributed by atoms with van der Waals surface area (Å²) in [4.78, 5) is 24.4. The molecule has 2 aromatic rings. The Morgan fingerprint density at radius 1 is 1.30 bits per heavy atom. The van der Waals surface area contributed by atoms with Crippen molar-refractivity contribution >= 4 is 11.6 Å². The van der Waals surface area contributed by atoms with Crippen molar-refractivity contribution in [2.45, 2.75) is 13.0 Å². The lowest BCUT2D eigenvalue weighted by atomic mass is 10.1. The third kappa shape index (κ3) is 4.89. The zero-order chi connectivity index (χ0) is 19.2. The van der Waals surface area contributed by atoms with Crippen molar-refractivity contribution in [3.05, 3.63) is 46.1 Å². The van der Waals surface area contributed by atoms with Gasteiger partial charge in [-0.15, -0.1) is 0 Å². The molecule has 144 valence electrons. The maximum atomic E-state index is 12.1. The molecule has 1 aliphatic rings. The van der Waals surface area contributed by atoms with Crippen LogP contribution in [0, 0.1) is 10.1 Å². The third-order valence-corrected chi connectivity index (χ3v) is 4.45. The molecule has 0 aliphatic carbocycles. The summed E-state index contributed by atoms with van der Waals surface area (Å²) in [6.07, 6.45) is 2.35. The predicted octanol–water partition coefficient (Wildman–Crippen LogP) is 1.33. The molecule has 1 N–H and O–H groups in total. The van der Waals surface area contributed by atoms with Crippen LogP contribution in [-0.4, -0.2) is 58.4 Å². The summed E-state index contributed by atoms with van der Waals surface area (Å²) in [5, 5.41) is 18.5. The molecule has 9 heteroatoms. The van der Waals surface area contributed by atoms with Gasteiger partial charge in [0.05, 0.1) is 23.8 Å². The monoisotopic (exact) mass is 373 g/mol. The van der Waals surface area contributed by atoms with Crippen LogP contribution in [0.2, 0.25) is 0 Å². The van der Waals surface area contributed by atoms with E-state index < -0.39 is 4.92 Å². The lowest BCUT2D eigenvalue weighted by Crippen LogP contribution is -2.41. The van der Waals surface area contributed by atoms with Crippen LogP contribution in [0.4, 0.5) is 5.69 Å². The molecule has 1 saturated heterocycles. The number of aromatic nitrogens is 2. The van der Waals surface area contributed by atoms with Crippen LogP contribution in [0.1, 0.15) is 12.0 Å². The Balaban J connectivity index is 1.56. The van der Waals surface area contributed by atoms with Gasteiger partial charge < -0.3 is 15.0 Å². The zero-order valence-electron chi connectivity index (χ0n) is 15.3. The number of benzene rings is 1. The Labute approximate surface area is 157 Å². The molecule has 1 aliphatic heterocycles. The summed E-state index contributed by atoms with van der Waals surface area (Å²) < 4.78 is 6.97. The van der Waals surface area contributed by atoms with Gasteiger partial charge in [-0.25, -0.2) is 0 Å². The molecular weight excluding hydrogens is 350 g/mol. The summed E-state index contributed by atoms with van der Waals surface area (Å²) in [7, 11) is 1.83. The van der Waals surface area contributed by atoms with Gasteiger partial charge in [-0.1, -0.05) is 0 Å². The van der Waals surface area contributed by atoms with Gasteiger partial charge >= 0.3 is 0 Å². The molecule has 27 heavy (non-hydrogen) atoms. The van der Waals surface area contributed by atoms with Crippen LogP contribution in [-0.2, 0) is 23.1 Å². The number of rotatable bonds is 7. The highest BCUT2D eigenvalue weighted by atomic mass is 16.6. The summed E-state index contributed by atoms with van der Waals surface area (Å²) in [6, 6.07) is 6.35. The fraction of sp³-hybridized carbons (Fsp3) is 0.444. The van der Waals surface area contributed by atoms with Crippen molar-refractivity contribution in [3.63, 3.8) is 0 Å². The van der Waals surface area contributed by atoms with Crippen molar-refractivity contribution in [3.8, 4) is 11.3 Å². The Kier molecular flexibility index (Phi) is 6.15. The number of amides is 1. The minimum Gasteiger partial charge on any atom is -0.378 e. The first-order valence-corrected chi connectivity index (χ1v) is 8.88. The van der Waals surface area contributed by atoms with E-state index in [1.54, 1.807) is 16.8 Å². The smallest absolute Gasteiger partial charge is 0.269 e. The lowest BCUT2D eigenvalue weighted by Gasteiger charge is -2.26. The van der Waals surface area contributed by atoms with E-state index in [9.17, 15) is 14.9 Å². The molecule has 9 nitrogen and oxygen atoms in total. The van der Waals surface area contributed by atoms with E-state index in [2.05, 4.69) is 10.4 Å². The second-order valence-corrected chi connectivity index (χ2v) is 6.40. The number of nitrogens with one attached hydrogen (secondary N) is 1. The van der Waals surface area contributed by atoms with Gasteiger partial charge in [-0.2, -0.15) is 5.10 Å². The zero-order valence-corrected chi connectivity index (χ0v) is 15.3. The lowest BCUT2D eigenvalue weighted by molar-refractivity contribution is -0.384. The normalized spacial score (nSPS) is 14.3. The SMILES string of the molecule is Cn1cc(CNCCC(=O)N2CCOCC2)c(-c2ccc([N+](=O)[O-])cc2)n1. The van der Waals surface area contributed by atoms with Crippen LogP contribution in [0.15, 0.2) is 30.5 Å². The first kappa shape index (κ1) is 19.0. The number of ether oxygens (including phenoxy) is 1. The fourth-order valence-corrected chi connectivity index (χ4v) is 3.04. The van der Waals surface area contributed by atoms with Gasteiger partial charge in [0.1, 0.15) is 0 Å². The first-order valence-electron chi connectivity index (χ1n) is 8.88. The molecular formula is C18H23N5O4. The number of nitrogens with zero attached hydrogens (tertiary/aromatic N) is 4. The van der Waals surface area contributed by atoms with Crippen molar-refractivity contribution < 1.29 is 14.5 Å². The molecule has 0 bridgehead atoms. The first-order chi connectivity index (χ1) is 13.0. The minimum atomic E-state index is -0.420. The molecule has 1 fully saturated rings.